The van der Waals surface area contributed by atoms with Gasteiger partial charge in [-0.2, -0.15) is 5.26 Å². The van der Waals surface area contributed by atoms with Crippen LogP contribution in [0.4, 0.5) is 10.1 Å². The van der Waals surface area contributed by atoms with Gasteiger partial charge in [0.25, 0.3) is 0 Å². The van der Waals surface area contributed by atoms with Gasteiger partial charge in [0.05, 0.1) is 13.2 Å². The lowest BCUT2D eigenvalue weighted by molar-refractivity contribution is 0.411. The summed E-state index contributed by atoms with van der Waals surface area (Å²) in [5, 5.41) is 12.4. The summed E-state index contributed by atoms with van der Waals surface area (Å²) in [7, 11) is 1.61. The van der Waals surface area contributed by atoms with Crippen molar-refractivity contribution in [3.05, 3.63) is 59.4 Å². The van der Waals surface area contributed by atoms with Crippen LogP contribution in [0.15, 0.2) is 42.5 Å². The normalized spacial score (nSPS) is 11.5. The van der Waals surface area contributed by atoms with E-state index in [2.05, 4.69) is 11.4 Å². The molecule has 0 saturated carbocycles. The average Bonchev–Trinajstić information content (AvgIpc) is 2.46. The van der Waals surface area contributed by atoms with Crippen molar-refractivity contribution < 1.29 is 9.13 Å². The number of halogens is 1. The SMILES string of the molecule is COc1ccc(C(C#N)Nc2ccc(F)cc2)cc1C. The van der Waals surface area contributed by atoms with E-state index in [-0.39, 0.29) is 5.82 Å². The molecular formula is C16H15FN2O. The molecule has 1 atom stereocenters. The van der Waals surface area contributed by atoms with Gasteiger partial charge in [-0.3, -0.25) is 0 Å². The second-order valence-electron chi connectivity index (χ2n) is 4.44. The van der Waals surface area contributed by atoms with E-state index in [9.17, 15) is 9.65 Å². The molecule has 0 fully saturated rings. The van der Waals surface area contributed by atoms with Gasteiger partial charge in [-0.25, -0.2) is 4.39 Å². The van der Waals surface area contributed by atoms with Gasteiger partial charge in [0.1, 0.15) is 17.6 Å². The molecule has 4 heteroatoms. The quantitative estimate of drug-likeness (QED) is 0.918. The molecule has 2 aromatic carbocycles. The summed E-state index contributed by atoms with van der Waals surface area (Å²) in [6, 6.07) is 13.2. The first-order valence-electron chi connectivity index (χ1n) is 6.20. The summed E-state index contributed by atoms with van der Waals surface area (Å²) in [4.78, 5) is 0. The molecule has 2 rings (SSSR count). The van der Waals surface area contributed by atoms with Crippen molar-refractivity contribution in [2.45, 2.75) is 13.0 Å². The van der Waals surface area contributed by atoms with Crippen LogP contribution in [0.2, 0.25) is 0 Å². The maximum Gasteiger partial charge on any atom is 0.140 e. The summed E-state index contributed by atoms with van der Waals surface area (Å²) >= 11 is 0. The average molecular weight is 270 g/mol. The topological polar surface area (TPSA) is 45.0 Å². The Bertz CT molecular complexity index is 632. The maximum absolute atomic E-state index is 12.9. The monoisotopic (exact) mass is 270 g/mol. The van der Waals surface area contributed by atoms with E-state index in [0.29, 0.717) is 5.69 Å². The molecule has 0 amide bonds. The zero-order valence-corrected chi connectivity index (χ0v) is 11.4. The van der Waals surface area contributed by atoms with Gasteiger partial charge in [-0.1, -0.05) is 6.07 Å². The summed E-state index contributed by atoms with van der Waals surface area (Å²) in [6.45, 7) is 1.93. The Morgan fingerprint density at radius 3 is 2.45 bits per heavy atom. The molecule has 20 heavy (non-hydrogen) atoms. The molecule has 1 N–H and O–H groups in total. The van der Waals surface area contributed by atoms with E-state index < -0.39 is 6.04 Å². The van der Waals surface area contributed by atoms with Crippen LogP contribution in [0.3, 0.4) is 0 Å². The predicted molar refractivity (Wildman–Crippen MR) is 76.1 cm³/mol. The van der Waals surface area contributed by atoms with E-state index >= 15 is 0 Å². The fourth-order valence-corrected chi connectivity index (χ4v) is 1.98. The fraction of sp³-hybridized carbons (Fsp3) is 0.188. The zero-order valence-electron chi connectivity index (χ0n) is 11.4. The zero-order chi connectivity index (χ0) is 14.5. The molecule has 0 aromatic heterocycles. The summed E-state index contributed by atoms with van der Waals surface area (Å²) in [5.41, 5.74) is 2.51. The van der Waals surface area contributed by atoms with Crippen molar-refractivity contribution in [1.29, 1.82) is 5.26 Å². The second-order valence-corrected chi connectivity index (χ2v) is 4.44. The number of ether oxygens (including phenoxy) is 1. The van der Waals surface area contributed by atoms with Gasteiger partial charge < -0.3 is 10.1 Å². The van der Waals surface area contributed by atoms with Crippen LogP contribution in [-0.2, 0) is 0 Å². The molecule has 0 radical (unpaired) electrons. The van der Waals surface area contributed by atoms with Crippen molar-refractivity contribution in [3.8, 4) is 11.8 Å². The lowest BCUT2D eigenvalue weighted by Gasteiger charge is -2.15. The van der Waals surface area contributed by atoms with Crippen LogP contribution in [0.25, 0.3) is 0 Å². The maximum atomic E-state index is 12.9. The highest BCUT2D eigenvalue weighted by atomic mass is 19.1. The third-order valence-corrected chi connectivity index (χ3v) is 3.04. The number of nitriles is 1. The van der Waals surface area contributed by atoms with Crippen LogP contribution in [0, 0.1) is 24.1 Å². The first kappa shape index (κ1) is 13.9. The minimum atomic E-state index is -0.495. The van der Waals surface area contributed by atoms with Crippen molar-refractivity contribution in [2.24, 2.45) is 0 Å². The molecule has 0 aliphatic carbocycles. The Morgan fingerprint density at radius 1 is 1.20 bits per heavy atom. The number of nitrogens with zero attached hydrogens (tertiary/aromatic N) is 1. The Hall–Kier alpha value is -2.54. The Morgan fingerprint density at radius 2 is 1.90 bits per heavy atom. The van der Waals surface area contributed by atoms with Crippen LogP contribution in [0.1, 0.15) is 17.2 Å². The van der Waals surface area contributed by atoms with Gasteiger partial charge in [-0.05, 0) is 54.4 Å². The van der Waals surface area contributed by atoms with Crippen molar-refractivity contribution in [2.75, 3.05) is 12.4 Å². The first-order chi connectivity index (χ1) is 9.63. The van der Waals surface area contributed by atoms with Gasteiger partial charge in [-0.15, -0.1) is 0 Å². The lowest BCUT2D eigenvalue weighted by atomic mass is 10.0. The van der Waals surface area contributed by atoms with Crippen molar-refractivity contribution >= 4 is 5.69 Å². The molecule has 0 heterocycles. The lowest BCUT2D eigenvalue weighted by Crippen LogP contribution is -2.08. The van der Waals surface area contributed by atoms with Crippen LogP contribution in [-0.4, -0.2) is 7.11 Å². The van der Waals surface area contributed by atoms with Gasteiger partial charge in [0.2, 0.25) is 0 Å². The number of aryl methyl sites for hydroxylation is 1. The highest BCUT2D eigenvalue weighted by Gasteiger charge is 2.12. The minimum Gasteiger partial charge on any atom is -0.496 e. The van der Waals surface area contributed by atoms with Crippen LogP contribution >= 0.6 is 0 Å². The number of methoxy groups -OCH3 is 1. The molecule has 3 nitrogen and oxygen atoms in total. The third kappa shape index (κ3) is 3.07. The highest BCUT2D eigenvalue weighted by molar-refractivity contribution is 5.49. The summed E-state index contributed by atoms with van der Waals surface area (Å²) < 4.78 is 18.1. The summed E-state index contributed by atoms with van der Waals surface area (Å²) in [6.07, 6.45) is 0. The van der Waals surface area contributed by atoms with E-state index in [1.165, 1.54) is 12.1 Å². The predicted octanol–water partition coefficient (Wildman–Crippen LogP) is 3.82. The molecule has 0 saturated heterocycles. The molecular weight excluding hydrogens is 255 g/mol. The number of nitrogens with one attached hydrogen (secondary N) is 1. The van der Waals surface area contributed by atoms with Gasteiger partial charge in [0.15, 0.2) is 0 Å². The van der Waals surface area contributed by atoms with E-state index in [1.54, 1.807) is 19.2 Å². The Kier molecular flexibility index (Phi) is 4.21. The molecule has 102 valence electrons. The van der Waals surface area contributed by atoms with Crippen molar-refractivity contribution in [3.63, 3.8) is 0 Å². The number of benzene rings is 2. The number of anilines is 1. The van der Waals surface area contributed by atoms with E-state index in [4.69, 9.17) is 4.74 Å². The van der Waals surface area contributed by atoms with Gasteiger partial charge in [0, 0.05) is 5.69 Å². The molecule has 0 aliphatic heterocycles. The van der Waals surface area contributed by atoms with Crippen molar-refractivity contribution in [1.82, 2.24) is 0 Å². The number of rotatable bonds is 4. The third-order valence-electron chi connectivity index (χ3n) is 3.04. The molecule has 1 unspecified atom stereocenters. The standard InChI is InChI=1S/C16H15FN2O/c1-11-9-12(3-8-16(11)20-2)15(10-18)19-14-6-4-13(17)5-7-14/h3-9,15,19H,1-2H3. The molecule has 2 aromatic rings. The number of hydrogen-bond acceptors (Lipinski definition) is 3. The van der Waals surface area contributed by atoms with Crippen LogP contribution in [0.5, 0.6) is 5.75 Å². The second kappa shape index (κ2) is 6.07. The molecule has 0 aliphatic rings. The van der Waals surface area contributed by atoms with Gasteiger partial charge >= 0.3 is 0 Å². The van der Waals surface area contributed by atoms with Crippen LogP contribution < -0.4 is 10.1 Å². The smallest absolute Gasteiger partial charge is 0.140 e. The number of hydrogen-bond donors (Lipinski definition) is 1. The Labute approximate surface area is 117 Å². The molecule has 0 bridgehead atoms. The highest BCUT2D eigenvalue weighted by Crippen LogP contribution is 2.24. The first-order valence-corrected chi connectivity index (χ1v) is 6.20. The largest absolute Gasteiger partial charge is 0.496 e. The fourth-order valence-electron chi connectivity index (χ4n) is 1.98. The van der Waals surface area contributed by atoms with E-state index in [0.717, 1.165) is 16.9 Å². The minimum absolute atomic E-state index is 0.302. The molecule has 0 spiro atoms. The Balaban J connectivity index is 2.22. The summed E-state index contributed by atoms with van der Waals surface area (Å²) in [5.74, 6) is 0.483. The van der Waals surface area contributed by atoms with E-state index in [1.807, 2.05) is 25.1 Å².